The molecular formula is C10H12F2N2O. The van der Waals surface area contributed by atoms with E-state index in [9.17, 15) is 13.6 Å². The third-order valence-electron chi connectivity index (χ3n) is 1.90. The number of aryl methyl sites for hydroxylation is 1. The Morgan fingerprint density at radius 2 is 2.13 bits per heavy atom. The summed E-state index contributed by atoms with van der Waals surface area (Å²) in [6, 6.07) is 3.33. The Balaban J connectivity index is 2.54. The molecule has 1 amide bonds. The van der Waals surface area contributed by atoms with E-state index in [1.807, 2.05) is 0 Å². The lowest BCUT2D eigenvalue weighted by Crippen LogP contribution is -2.34. The first-order valence-electron chi connectivity index (χ1n) is 4.53. The Bertz CT molecular complexity index is 355. The fraction of sp³-hybridized carbons (Fsp3) is 0.300. The number of hydrogen-bond donors (Lipinski definition) is 2. The quantitative estimate of drug-likeness (QED) is 0.738. The van der Waals surface area contributed by atoms with E-state index < -0.39 is 11.6 Å². The maximum Gasteiger partial charge on any atom is 0.234 e. The van der Waals surface area contributed by atoms with Crippen LogP contribution in [0, 0.1) is 11.6 Å². The number of amides is 1. The molecule has 1 aromatic carbocycles. The van der Waals surface area contributed by atoms with E-state index in [1.54, 1.807) is 7.05 Å². The monoisotopic (exact) mass is 214 g/mol. The Morgan fingerprint density at radius 1 is 1.40 bits per heavy atom. The van der Waals surface area contributed by atoms with E-state index in [-0.39, 0.29) is 18.7 Å². The largest absolute Gasteiger partial charge is 0.292 e. The van der Waals surface area contributed by atoms with Crippen LogP contribution in [0.3, 0.4) is 0 Å². The number of hydrogen-bond acceptors (Lipinski definition) is 2. The summed E-state index contributed by atoms with van der Waals surface area (Å²) in [6.45, 7) is 0. The van der Waals surface area contributed by atoms with Crippen LogP contribution in [-0.4, -0.2) is 13.0 Å². The molecule has 0 spiro atoms. The summed E-state index contributed by atoms with van der Waals surface area (Å²) in [5.74, 6) is -1.47. The average molecular weight is 214 g/mol. The van der Waals surface area contributed by atoms with Crippen molar-refractivity contribution in [3.05, 3.63) is 35.4 Å². The van der Waals surface area contributed by atoms with Gasteiger partial charge in [0.15, 0.2) is 0 Å². The Morgan fingerprint density at radius 3 is 2.73 bits per heavy atom. The zero-order chi connectivity index (χ0) is 11.3. The van der Waals surface area contributed by atoms with Crippen LogP contribution in [0.1, 0.15) is 12.0 Å². The summed E-state index contributed by atoms with van der Waals surface area (Å²) < 4.78 is 25.6. The second-order valence-electron chi connectivity index (χ2n) is 3.03. The molecule has 0 aromatic heterocycles. The van der Waals surface area contributed by atoms with Gasteiger partial charge in [-0.25, -0.2) is 14.2 Å². The first-order valence-corrected chi connectivity index (χ1v) is 4.53. The van der Waals surface area contributed by atoms with Gasteiger partial charge in [-0.05, 0) is 18.1 Å². The zero-order valence-corrected chi connectivity index (χ0v) is 8.31. The lowest BCUT2D eigenvalue weighted by Gasteiger charge is -2.04. The third kappa shape index (κ3) is 3.63. The summed E-state index contributed by atoms with van der Waals surface area (Å²) in [5.41, 5.74) is 5.17. The minimum atomic E-state index is -0.618. The van der Waals surface area contributed by atoms with Gasteiger partial charge in [-0.1, -0.05) is 6.07 Å². The van der Waals surface area contributed by atoms with Crippen molar-refractivity contribution in [1.29, 1.82) is 0 Å². The highest BCUT2D eigenvalue weighted by atomic mass is 19.1. The number of hydrazine groups is 1. The van der Waals surface area contributed by atoms with Crippen LogP contribution >= 0.6 is 0 Å². The Labute approximate surface area is 86.5 Å². The highest BCUT2D eigenvalue weighted by Crippen LogP contribution is 2.11. The van der Waals surface area contributed by atoms with Crippen LogP contribution in [-0.2, 0) is 11.2 Å². The predicted molar refractivity (Wildman–Crippen MR) is 51.9 cm³/mol. The van der Waals surface area contributed by atoms with Gasteiger partial charge in [-0.3, -0.25) is 10.2 Å². The second-order valence-corrected chi connectivity index (χ2v) is 3.03. The lowest BCUT2D eigenvalue weighted by molar-refractivity contribution is -0.121. The number of carbonyl (C=O) groups excluding carboxylic acids is 1. The van der Waals surface area contributed by atoms with E-state index in [2.05, 4.69) is 10.9 Å². The summed E-state index contributed by atoms with van der Waals surface area (Å²) in [4.78, 5) is 11.0. The van der Waals surface area contributed by atoms with Crippen molar-refractivity contribution in [3.63, 3.8) is 0 Å². The van der Waals surface area contributed by atoms with Crippen molar-refractivity contribution in [1.82, 2.24) is 10.9 Å². The predicted octanol–water partition coefficient (Wildman–Crippen LogP) is 1.15. The van der Waals surface area contributed by atoms with Crippen molar-refractivity contribution in [2.24, 2.45) is 0 Å². The van der Waals surface area contributed by atoms with Crippen LogP contribution in [0.25, 0.3) is 0 Å². The van der Waals surface area contributed by atoms with Crippen molar-refractivity contribution < 1.29 is 13.6 Å². The van der Waals surface area contributed by atoms with Crippen molar-refractivity contribution in [2.45, 2.75) is 12.8 Å². The van der Waals surface area contributed by atoms with Crippen molar-refractivity contribution in [3.8, 4) is 0 Å². The van der Waals surface area contributed by atoms with Crippen LogP contribution in [0.4, 0.5) is 8.78 Å². The molecule has 0 radical (unpaired) electrons. The summed E-state index contributed by atoms with van der Waals surface area (Å²) >= 11 is 0. The van der Waals surface area contributed by atoms with E-state index in [4.69, 9.17) is 0 Å². The van der Waals surface area contributed by atoms with E-state index in [0.29, 0.717) is 5.56 Å². The lowest BCUT2D eigenvalue weighted by atomic mass is 10.1. The normalized spacial score (nSPS) is 10.1. The summed E-state index contributed by atoms with van der Waals surface area (Å²) in [7, 11) is 1.57. The summed E-state index contributed by atoms with van der Waals surface area (Å²) in [5, 5.41) is 0. The molecule has 5 heteroatoms. The van der Waals surface area contributed by atoms with Crippen molar-refractivity contribution in [2.75, 3.05) is 7.05 Å². The fourth-order valence-corrected chi connectivity index (χ4v) is 1.17. The molecule has 3 nitrogen and oxygen atoms in total. The maximum absolute atomic E-state index is 13.1. The van der Waals surface area contributed by atoms with Gasteiger partial charge in [0, 0.05) is 19.5 Å². The SMILES string of the molecule is CNNC(=O)CCc1ccc(F)cc1F. The molecular weight excluding hydrogens is 202 g/mol. The number of rotatable bonds is 4. The van der Waals surface area contributed by atoms with Gasteiger partial charge >= 0.3 is 0 Å². The standard InChI is InChI=1S/C10H12F2N2O/c1-13-14-10(15)5-3-7-2-4-8(11)6-9(7)12/h2,4,6,13H,3,5H2,1H3,(H,14,15). The first-order chi connectivity index (χ1) is 7.13. The minimum Gasteiger partial charge on any atom is -0.292 e. The fourth-order valence-electron chi connectivity index (χ4n) is 1.17. The van der Waals surface area contributed by atoms with Crippen LogP contribution in [0.5, 0.6) is 0 Å². The van der Waals surface area contributed by atoms with Gasteiger partial charge in [-0.2, -0.15) is 0 Å². The van der Waals surface area contributed by atoms with Crippen LogP contribution < -0.4 is 10.9 Å². The van der Waals surface area contributed by atoms with E-state index in [0.717, 1.165) is 6.07 Å². The molecule has 82 valence electrons. The van der Waals surface area contributed by atoms with E-state index in [1.165, 1.54) is 12.1 Å². The molecule has 2 N–H and O–H groups in total. The number of benzene rings is 1. The molecule has 1 rings (SSSR count). The second kappa shape index (κ2) is 5.41. The van der Waals surface area contributed by atoms with Gasteiger partial charge in [-0.15, -0.1) is 0 Å². The minimum absolute atomic E-state index is 0.156. The Kier molecular flexibility index (Phi) is 4.17. The molecule has 0 heterocycles. The number of carbonyl (C=O) groups is 1. The summed E-state index contributed by atoms with van der Waals surface area (Å²) in [6.07, 6.45) is 0.406. The number of nitrogens with one attached hydrogen (secondary N) is 2. The molecule has 0 saturated carbocycles. The van der Waals surface area contributed by atoms with Gasteiger partial charge in [0.05, 0.1) is 0 Å². The van der Waals surface area contributed by atoms with E-state index >= 15 is 0 Å². The van der Waals surface area contributed by atoms with Gasteiger partial charge in [0.25, 0.3) is 0 Å². The van der Waals surface area contributed by atoms with Gasteiger partial charge in [0.1, 0.15) is 11.6 Å². The topological polar surface area (TPSA) is 41.1 Å². The number of halogens is 2. The molecule has 0 aliphatic heterocycles. The molecule has 0 aliphatic carbocycles. The first kappa shape index (κ1) is 11.6. The third-order valence-corrected chi connectivity index (χ3v) is 1.90. The van der Waals surface area contributed by atoms with Crippen molar-refractivity contribution >= 4 is 5.91 Å². The molecule has 0 unspecified atom stereocenters. The average Bonchev–Trinajstić information content (AvgIpc) is 2.17. The van der Waals surface area contributed by atoms with Crippen LogP contribution in [0.15, 0.2) is 18.2 Å². The highest BCUT2D eigenvalue weighted by Gasteiger charge is 2.06. The van der Waals surface area contributed by atoms with Gasteiger partial charge in [0.2, 0.25) is 5.91 Å². The molecule has 0 atom stereocenters. The molecule has 0 aliphatic rings. The molecule has 1 aromatic rings. The molecule has 0 saturated heterocycles. The van der Waals surface area contributed by atoms with Gasteiger partial charge < -0.3 is 0 Å². The molecule has 0 bridgehead atoms. The van der Waals surface area contributed by atoms with Crippen LogP contribution in [0.2, 0.25) is 0 Å². The smallest absolute Gasteiger partial charge is 0.234 e. The maximum atomic E-state index is 13.1. The highest BCUT2D eigenvalue weighted by molar-refractivity contribution is 5.75. The molecule has 0 fully saturated rings. The Hall–Kier alpha value is -1.49. The molecule has 15 heavy (non-hydrogen) atoms. The zero-order valence-electron chi connectivity index (χ0n) is 8.31.